The summed E-state index contributed by atoms with van der Waals surface area (Å²) in [5, 5.41) is 3.45. The molecule has 19 heavy (non-hydrogen) atoms. The lowest BCUT2D eigenvalue weighted by atomic mass is 9.74. The van der Waals surface area contributed by atoms with Gasteiger partial charge in [0.2, 0.25) is 0 Å². The number of hydrogen-bond donors (Lipinski definition) is 1. The number of rotatable bonds is 5. The van der Waals surface area contributed by atoms with Crippen molar-refractivity contribution < 1.29 is 9.47 Å². The minimum absolute atomic E-state index is 0.100. The number of nitrogens with one attached hydrogen (secondary N) is 1. The average molecular weight is 261 g/mol. The molecule has 1 heterocycles. The zero-order chi connectivity index (χ0) is 13.3. The Labute approximate surface area is 115 Å². The Hall–Kier alpha value is -0.900. The molecule has 0 aromatic heterocycles. The summed E-state index contributed by atoms with van der Waals surface area (Å²) in [6, 6.07) is 7.11. The molecule has 1 aliphatic heterocycles. The van der Waals surface area contributed by atoms with Crippen LogP contribution < -0.4 is 5.32 Å². The smallest absolute Gasteiger partial charge is 0.0725 e. The van der Waals surface area contributed by atoms with Crippen LogP contribution in [0.4, 0.5) is 0 Å². The van der Waals surface area contributed by atoms with E-state index in [-0.39, 0.29) is 5.60 Å². The van der Waals surface area contributed by atoms with Crippen LogP contribution in [-0.4, -0.2) is 19.8 Å². The summed E-state index contributed by atoms with van der Waals surface area (Å²) < 4.78 is 11.2. The van der Waals surface area contributed by atoms with Gasteiger partial charge in [0.25, 0.3) is 0 Å². The third-order valence-corrected chi connectivity index (χ3v) is 4.77. The molecule has 1 N–H and O–H groups in total. The van der Waals surface area contributed by atoms with Gasteiger partial charge in [-0.25, -0.2) is 0 Å². The standard InChI is InChI=1S/C16H23NO2/c1-17-15(9-16(18-2)6-3-7-16)12-4-5-13-10-19-11-14(13)8-12/h4-5,8,15,17H,3,6-7,9-11H2,1-2H3. The van der Waals surface area contributed by atoms with Gasteiger partial charge in [-0.05, 0) is 49.4 Å². The molecule has 3 nitrogen and oxygen atoms in total. The molecule has 0 radical (unpaired) electrons. The molecule has 1 aromatic carbocycles. The van der Waals surface area contributed by atoms with E-state index in [1.165, 1.54) is 36.0 Å². The van der Waals surface area contributed by atoms with E-state index in [4.69, 9.17) is 9.47 Å². The summed E-state index contributed by atoms with van der Waals surface area (Å²) in [6.45, 7) is 1.52. The molecule has 1 aliphatic carbocycles. The van der Waals surface area contributed by atoms with Gasteiger partial charge in [-0.1, -0.05) is 18.2 Å². The summed E-state index contributed by atoms with van der Waals surface area (Å²) in [5.41, 5.74) is 4.14. The minimum Gasteiger partial charge on any atom is -0.378 e. The fourth-order valence-corrected chi connectivity index (χ4v) is 3.23. The van der Waals surface area contributed by atoms with Gasteiger partial charge in [0.15, 0.2) is 0 Å². The van der Waals surface area contributed by atoms with Crippen LogP contribution in [-0.2, 0) is 22.7 Å². The first-order valence-corrected chi connectivity index (χ1v) is 7.18. The Bertz CT molecular complexity index is 449. The quantitative estimate of drug-likeness (QED) is 0.884. The normalized spacial score (nSPS) is 21.8. The van der Waals surface area contributed by atoms with Gasteiger partial charge in [0, 0.05) is 13.2 Å². The van der Waals surface area contributed by atoms with E-state index >= 15 is 0 Å². The zero-order valence-electron chi connectivity index (χ0n) is 11.9. The average Bonchev–Trinajstić information content (AvgIpc) is 2.85. The topological polar surface area (TPSA) is 30.5 Å². The summed E-state index contributed by atoms with van der Waals surface area (Å²) in [7, 11) is 3.89. The van der Waals surface area contributed by atoms with Gasteiger partial charge in [-0.15, -0.1) is 0 Å². The molecule has 0 saturated heterocycles. The van der Waals surface area contributed by atoms with Crippen LogP contribution in [0.1, 0.15) is 48.4 Å². The summed E-state index contributed by atoms with van der Waals surface area (Å²) in [5.74, 6) is 0. The van der Waals surface area contributed by atoms with Crippen LogP contribution in [0.2, 0.25) is 0 Å². The van der Waals surface area contributed by atoms with Gasteiger partial charge in [-0.2, -0.15) is 0 Å². The van der Waals surface area contributed by atoms with Gasteiger partial charge in [0.1, 0.15) is 0 Å². The highest BCUT2D eigenvalue weighted by Gasteiger charge is 2.39. The molecule has 1 unspecified atom stereocenters. The number of hydrogen-bond acceptors (Lipinski definition) is 3. The van der Waals surface area contributed by atoms with Crippen molar-refractivity contribution in [3.8, 4) is 0 Å². The van der Waals surface area contributed by atoms with Crippen molar-refractivity contribution in [3.63, 3.8) is 0 Å². The van der Waals surface area contributed by atoms with E-state index < -0.39 is 0 Å². The Morgan fingerprint density at radius 2 is 2.11 bits per heavy atom. The van der Waals surface area contributed by atoms with Crippen molar-refractivity contribution in [2.75, 3.05) is 14.2 Å². The molecule has 0 amide bonds. The SMILES string of the molecule is CNC(CC1(OC)CCC1)c1ccc2c(c1)COC2. The van der Waals surface area contributed by atoms with E-state index in [9.17, 15) is 0 Å². The third-order valence-electron chi connectivity index (χ3n) is 4.77. The van der Waals surface area contributed by atoms with E-state index in [2.05, 4.69) is 23.5 Å². The number of methoxy groups -OCH3 is 1. The predicted molar refractivity (Wildman–Crippen MR) is 74.9 cm³/mol. The van der Waals surface area contributed by atoms with Crippen LogP contribution >= 0.6 is 0 Å². The summed E-state index contributed by atoms with van der Waals surface area (Å²) in [4.78, 5) is 0. The zero-order valence-corrected chi connectivity index (χ0v) is 11.9. The molecular formula is C16H23NO2. The molecule has 3 rings (SSSR count). The highest BCUT2D eigenvalue weighted by molar-refractivity contribution is 5.34. The first kappa shape index (κ1) is 13.1. The molecule has 1 aromatic rings. The summed E-state index contributed by atoms with van der Waals surface area (Å²) >= 11 is 0. The number of ether oxygens (including phenoxy) is 2. The van der Waals surface area contributed by atoms with Crippen LogP contribution in [0, 0.1) is 0 Å². The van der Waals surface area contributed by atoms with Crippen molar-refractivity contribution in [1.29, 1.82) is 0 Å². The Kier molecular flexibility index (Phi) is 3.61. The van der Waals surface area contributed by atoms with E-state index in [1.807, 2.05) is 14.2 Å². The van der Waals surface area contributed by atoms with Crippen LogP contribution in [0.5, 0.6) is 0 Å². The highest BCUT2D eigenvalue weighted by Crippen LogP contribution is 2.42. The molecule has 2 aliphatic rings. The van der Waals surface area contributed by atoms with Crippen molar-refractivity contribution in [1.82, 2.24) is 5.32 Å². The lowest BCUT2D eigenvalue weighted by Crippen LogP contribution is -2.42. The Balaban J connectivity index is 1.78. The lowest BCUT2D eigenvalue weighted by molar-refractivity contribution is -0.0834. The molecule has 1 atom stereocenters. The lowest BCUT2D eigenvalue weighted by Gasteiger charge is -2.43. The molecule has 0 spiro atoms. The third kappa shape index (κ3) is 2.42. The van der Waals surface area contributed by atoms with Crippen molar-refractivity contribution in [2.45, 2.75) is 50.5 Å². The molecule has 104 valence electrons. The largest absolute Gasteiger partial charge is 0.378 e. The second-order valence-corrected chi connectivity index (χ2v) is 5.81. The maximum Gasteiger partial charge on any atom is 0.0725 e. The van der Waals surface area contributed by atoms with Crippen molar-refractivity contribution in [2.24, 2.45) is 0 Å². The van der Waals surface area contributed by atoms with Gasteiger partial charge < -0.3 is 14.8 Å². The predicted octanol–water partition coefficient (Wildman–Crippen LogP) is 2.94. The van der Waals surface area contributed by atoms with Crippen molar-refractivity contribution >= 4 is 0 Å². The molecule has 1 saturated carbocycles. The van der Waals surface area contributed by atoms with Crippen LogP contribution in [0.3, 0.4) is 0 Å². The number of benzene rings is 1. The Morgan fingerprint density at radius 1 is 1.32 bits per heavy atom. The van der Waals surface area contributed by atoms with Gasteiger partial charge in [0.05, 0.1) is 18.8 Å². The van der Waals surface area contributed by atoms with Crippen LogP contribution in [0.25, 0.3) is 0 Å². The molecule has 0 bridgehead atoms. The van der Waals surface area contributed by atoms with Gasteiger partial charge in [-0.3, -0.25) is 0 Å². The minimum atomic E-state index is 0.100. The highest BCUT2D eigenvalue weighted by atomic mass is 16.5. The molecular weight excluding hydrogens is 238 g/mol. The first-order valence-electron chi connectivity index (χ1n) is 7.18. The fraction of sp³-hybridized carbons (Fsp3) is 0.625. The number of fused-ring (bicyclic) bond motifs is 1. The van der Waals surface area contributed by atoms with Gasteiger partial charge >= 0.3 is 0 Å². The van der Waals surface area contributed by atoms with Crippen molar-refractivity contribution in [3.05, 3.63) is 34.9 Å². The van der Waals surface area contributed by atoms with E-state index in [0.717, 1.165) is 19.6 Å². The molecule has 1 fully saturated rings. The second kappa shape index (κ2) is 5.23. The molecule has 3 heteroatoms. The first-order chi connectivity index (χ1) is 9.26. The summed E-state index contributed by atoms with van der Waals surface area (Å²) in [6.07, 6.45) is 4.73. The maximum atomic E-state index is 5.76. The Morgan fingerprint density at radius 3 is 2.74 bits per heavy atom. The van der Waals surface area contributed by atoms with E-state index in [0.29, 0.717) is 6.04 Å². The fourth-order valence-electron chi connectivity index (χ4n) is 3.23. The maximum absolute atomic E-state index is 5.76. The van der Waals surface area contributed by atoms with E-state index in [1.54, 1.807) is 0 Å². The second-order valence-electron chi connectivity index (χ2n) is 5.81. The monoisotopic (exact) mass is 261 g/mol. The van der Waals surface area contributed by atoms with Crippen LogP contribution in [0.15, 0.2) is 18.2 Å².